The minimum atomic E-state index is -0.287. The smallest absolute Gasteiger partial charge is 0.351 e. The summed E-state index contributed by atoms with van der Waals surface area (Å²) in [5.74, 6) is -0.287. The molecule has 0 spiro atoms. The first kappa shape index (κ1) is 11.1. The predicted octanol–water partition coefficient (Wildman–Crippen LogP) is 2.06. The van der Waals surface area contributed by atoms with Crippen LogP contribution in [-0.4, -0.2) is 22.2 Å². The molecule has 5 heteroatoms. The van der Waals surface area contributed by atoms with Gasteiger partial charge in [-0.15, -0.1) is 5.10 Å². The topological polar surface area (TPSA) is 52.1 Å². The van der Waals surface area contributed by atoms with Gasteiger partial charge in [0.2, 0.25) is 0 Å². The zero-order chi connectivity index (χ0) is 10.4. The van der Waals surface area contributed by atoms with E-state index < -0.39 is 0 Å². The van der Waals surface area contributed by atoms with Crippen LogP contribution in [0.2, 0.25) is 0 Å². The van der Waals surface area contributed by atoms with E-state index in [0.29, 0.717) is 17.9 Å². The van der Waals surface area contributed by atoms with Crippen molar-refractivity contribution in [2.75, 3.05) is 6.61 Å². The van der Waals surface area contributed by atoms with Crippen molar-refractivity contribution in [3.8, 4) is 0 Å². The number of unbranched alkanes of at least 4 members (excludes halogenated alkanes) is 1. The van der Waals surface area contributed by atoms with E-state index in [2.05, 4.69) is 16.5 Å². The number of carbonyl (C=O) groups is 1. The maximum atomic E-state index is 11.5. The van der Waals surface area contributed by atoms with Gasteiger partial charge >= 0.3 is 5.97 Å². The van der Waals surface area contributed by atoms with Crippen molar-refractivity contribution in [1.82, 2.24) is 9.59 Å². The van der Waals surface area contributed by atoms with Gasteiger partial charge in [0.15, 0.2) is 4.88 Å². The molecule has 1 heterocycles. The van der Waals surface area contributed by atoms with Crippen molar-refractivity contribution in [2.45, 2.75) is 33.1 Å². The fraction of sp³-hybridized carbons (Fsp3) is 0.667. The van der Waals surface area contributed by atoms with Crippen LogP contribution in [0.1, 0.15) is 42.1 Å². The third-order valence-electron chi connectivity index (χ3n) is 1.81. The molecule has 1 aromatic heterocycles. The second-order valence-corrected chi connectivity index (χ2v) is 3.65. The molecule has 0 aliphatic heterocycles. The first-order valence-electron chi connectivity index (χ1n) is 4.77. The van der Waals surface area contributed by atoms with E-state index in [1.165, 1.54) is 0 Å². The van der Waals surface area contributed by atoms with Crippen LogP contribution < -0.4 is 0 Å². The highest BCUT2D eigenvalue weighted by Crippen LogP contribution is 2.12. The number of ether oxygens (including phenoxy) is 1. The first-order chi connectivity index (χ1) is 6.79. The number of aromatic nitrogens is 2. The van der Waals surface area contributed by atoms with Gasteiger partial charge in [-0.2, -0.15) is 0 Å². The minimum absolute atomic E-state index is 0.287. The molecule has 4 nitrogen and oxygen atoms in total. The van der Waals surface area contributed by atoms with Gasteiger partial charge in [-0.3, -0.25) is 0 Å². The number of aryl methyl sites for hydroxylation is 1. The number of esters is 1. The van der Waals surface area contributed by atoms with E-state index in [0.717, 1.165) is 30.1 Å². The molecular weight excluding hydrogens is 200 g/mol. The molecule has 0 saturated heterocycles. The van der Waals surface area contributed by atoms with E-state index in [4.69, 9.17) is 4.74 Å². The van der Waals surface area contributed by atoms with E-state index in [1.54, 1.807) is 0 Å². The molecule has 0 aliphatic carbocycles. The number of rotatable bonds is 5. The second kappa shape index (κ2) is 5.70. The van der Waals surface area contributed by atoms with E-state index in [-0.39, 0.29) is 5.97 Å². The largest absolute Gasteiger partial charge is 0.461 e. The zero-order valence-electron chi connectivity index (χ0n) is 8.45. The highest BCUT2D eigenvalue weighted by molar-refractivity contribution is 7.07. The fourth-order valence-corrected chi connectivity index (χ4v) is 1.61. The summed E-state index contributed by atoms with van der Waals surface area (Å²) in [5.41, 5.74) is 0.733. The van der Waals surface area contributed by atoms with Gasteiger partial charge in [-0.1, -0.05) is 24.8 Å². The van der Waals surface area contributed by atoms with Gasteiger partial charge in [-0.05, 0) is 24.4 Å². The van der Waals surface area contributed by atoms with Crippen LogP contribution in [-0.2, 0) is 11.2 Å². The molecule has 0 atom stereocenters. The summed E-state index contributed by atoms with van der Waals surface area (Å²) in [4.78, 5) is 12.0. The first-order valence-corrected chi connectivity index (χ1v) is 5.55. The third-order valence-corrected chi connectivity index (χ3v) is 2.56. The molecule has 0 aromatic carbocycles. The lowest BCUT2D eigenvalue weighted by molar-refractivity contribution is 0.0504. The summed E-state index contributed by atoms with van der Waals surface area (Å²) in [5, 5.41) is 3.85. The number of hydrogen-bond acceptors (Lipinski definition) is 5. The minimum Gasteiger partial charge on any atom is -0.461 e. The molecule has 1 aromatic rings. The van der Waals surface area contributed by atoms with Crippen molar-refractivity contribution < 1.29 is 9.53 Å². The maximum absolute atomic E-state index is 11.5. The highest BCUT2D eigenvalue weighted by Gasteiger charge is 2.15. The maximum Gasteiger partial charge on any atom is 0.351 e. The molecule has 78 valence electrons. The molecule has 14 heavy (non-hydrogen) atoms. The molecule has 0 aliphatic rings. The van der Waals surface area contributed by atoms with Crippen LogP contribution in [0.15, 0.2) is 0 Å². The molecule has 0 fully saturated rings. The normalized spacial score (nSPS) is 10.1. The van der Waals surface area contributed by atoms with Crippen LogP contribution >= 0.6 is 11.5 Å². The Morgan fingerprint density at radius 2 is 2.29 bits per heavy atom. The number of hydrogen-bond donors (Lipinski definition) is 0. The quantitative estimate of drug-likeness (QED) is 0.556. The van der Waals surface area contributed by atoms with Gasteiger partial charge in [-0.25, -0.2) is 4.79 Å². The Balaban J connectivity index is 2.51. The lowest BCUT2D eigenvalue weighted by Crippen LogP contribution is -2.06. The zero-order valence-corrected chi connectivity index (χ0v) is 9.26. The van der Waals surface area contributed by atoms with Crippen LogP contribution in [0.5, 0.6) is 0 Å². The Hall–Kier alpha value is -0.970. The van der Waals surface area contributed by atoms with E-state index in [1.807, 2.05) is 6.92 Å². The van der Waals surface area contributed by atoms with Crippen LogP contribution in [0.3, 0.4) is 0 Å². The van der Waals surface area contributed by atoms with Gasteiger partial charge in [0.25, 0.3) is 0 Å². The average molecular weight is 214 g/mol. The lowest BCUT2D eigenvalue weighted by atomic mass is 10.3. The Morgan fingerprint density at radius 3 is 2.93 bits per heavy atom. The second-order valence-electron chi connectivity index (χ2n) is 2.89. The summed E-state index contributed by atoms with van der Waals surface area (Å²) in [7, 11) is 0. The summed E-state index contributed by atoms with van der Waals surface area (Å²) in [6.07, 6.45) is 2.64. The number of nitrogens with zero attached hydrogens (tertiary/aromatic N) is 2. The van der Waals surface area contributed by atoms with E-state index in [9.17, 15) is 4.79 Å². The van der Waals surface area contributed by atoms with Crippen molar-refractivity contribution in [2.24, 2.45) is 0 Å². The predicted molar refractivity (Wildman–Crippen MR) is 54.5 cm³/mol. The van der Waals surface area contributed by atoms with Crippen LogP contribution in [0.25, 0.3) is 0 Å². The Morgan fingerprint density at radius 1 is 1.50 bits per heavy atom. The highest BCUT2D eigenvalue weighted by atomic mass is 32.1. The van der Waals surface area contributed by atoms with Crippen molar-refractivity contribution in [3.05, 3.63) is 10.6 Å². The summed E-state index contributed by atoms with van der Waals surface area (Å²) in [6, 6.07) is 0. The average Bonchev–Trinajstić information content (AvgIpc) is 2.65. The van der Waals surface area contributed by atoms with Crippen molar-refractivity contribution in [3.63, 3.8) is 0 Å². The van der Waals surface area contributed by atoms with Crippen LogP contribution in [0, 0.1) is 0 Å². The van der Waals surface area contributed by atoms with Crippen molar-refractivity contribution >= 4 is 17.5 Å². The Bertz CT molecular complexity index is 299. The van der Waals surface area contributed by atoms with Gasteiger partial charge < -0.3 is 4.74 Å². The monoisotopic (exact) mass is 214 g/mol. The van der Waals surface area contributed by atoms with Gasteiger partial charge in [0.05, 0.1) is 12.3 Å². The molecule has 0 saturated carbocycles. The number of carbonyl (C=O) groups excluding carboxylic acids is 1. The summed E-state index contributed by atoms with van der Waals surface area (Å²) < 4.78 is 8.79. The third kappa shape index (κ3) is 2.77. The molecule has 0 N–H and O–H groups in total. The molecule has 0 amide bonds. The molecule has 0 radical (unpaired) electrons. The van der Waals surface area contributed by atoms with Crippen molar-refractivity contribution in [1.29, 1.82) is 0 Å². The Kier molecular flexibility index (Phi) is 4.52. The van der Waals surface area contributed by atoms with E-state index >= 15 is 0 Å². The summed E-state index contributed by atoms with van der Waals surface area (Å²) in [6.45, 7) is 4.48. The summed E-state index contributed by atoms with van der Waals surface area (Å²) >= 11 is 1.10. The molecule has 0 unspecified atom stereocenters. The fourth-order valence-electron chi connectivity index (χ4n) is 0.970. The molecule has 0 bridgehead atoms. The lowest BCUT2D eigenvalue weighted by Gasteiger charge is -2.01. The molecular formula is C9H14N2O2S. The van der Waals surface area contributed by atoms with Crippen LogP contribution in [0.4, 0.5) is 0 Å². The SMILES string of the molecule is CCCCOC(=O)c1snnc1CC. The molecule has 1 rings (SSSR count). The van der Waals surface area contributed by atoms with Gasteiger partial charge in [0, 0.05) is 0 Å². The Labute approximate surface area is 87.5 Å². The standard InChI is InChI=1S/C9H14N2O2S/c1-3-5-6-13-9(12)8-7(4-2)10-11-14-8/h3-6H2,1-2H3. The van der Waals surface area contributed by atoms with Gasteiger partial charge in [0.1, 0.15) is 0 Å².